The van der Waals surface area contributed by atoms with Crippen LogP contribution in [0, 0.1) is 18.7 Å². The second kappa shape index (κ2) is 9.22. The number of aryl methyl sites for hydroxylation is 1. The van der Waals surface area contributed by atoms with Crippen LogP contribution in [0.25, 0.3) is 11.0 Å². The summed E-state index contributed by atoms with van der Waals surface area (Å²) >= 11 is 1.11. The van der Waals surface area contributed by atoms with Crippen molar-refractivity contribution in [1.82, 2.24) is 25.1 Å². The number of benzene rings is 1. The number of thioether (sulfide) groups is 1. The minimum atomic E-state index is -1.56. The molecule has 6 rings (SSSR count). The van der Waals surface area contributed by atoms with E-state index in [0.29, 0.717) is 40.4 Å². The van der Waals surface area contributed by atoms with Crippen molar-refractivity contribution in [2.75, 3.05) is 13.3 Å². The van der Waals surface area contributed by atoms with Crippen LogP contribution in [0.3, 0.4) is 0 Å². The predicted octanol–water partition coefficient (Wildman–Crippen LogP) is 3.98. The van der Waals surface area contributed by atoms with Crippen molar-refractivity contribution in [1.29, 1.82) is 0 Å². The molecule has 1 aromatic carbocycles. The van der Waals surface area contributed by atoms with Crippen molar-refractivity contribution in [3.63, 3.8) is 0 Å². The number of fused-ring (bicyclic) bond motifs is 2. The molecule has 0 unspecified atom stereocenters. The molecule has 1 aliphatic carbocycles. The van der Waals surface area contributed by atoms with E-state index in [9.17, 15) is 8.78 Å². The Kier molecular flexibility index (Phi) is 5.97. The molecule has 196 valence electrons. The fourth-order valence-electron chi connectivity index (χ4n) is 5.05. The van der Waals surface area contributed by atoms with Crippen molar-refractivity contribution >= 4 is 28.0 Å². The Morgan fingerprint density at radius 1 is 1.18 bits per heavy atom. The molecule has 3 aromatic heterocycles. The molecule has 2 aliphatic rings. The van der Waals surface area contributed by atoms with Crippen LogP contribution in [0.15, 0.2) is 46.2 Å². The second-order valence-electron chi connectivity index (χ2n) is 9.41. The molecule has 38 heavy (non-hydrogen) atoms. The largest absolute Gasteiger partial charge is 0.466 e. The van der Waals surface area contributed by atoms with E-state index in [1.165, 1.54) is 12.3 Å². The number of rotatable bonds is 8. The highest BCUT2D eigenvalue weighted by Gasteiger charge is 2.68. The number of hydrogen-bond acceptors (Lipinski definition) is 10. The summed E-state index contributed by atoms with van der Waals surface area (Å²) in [7, 11) is 0. The number of aromatic nitrogens is 5. The van der Waals surface area contributed by atoms with Crippen LogP contribution in [0.2, 0.25) is 0 Å². The van der Waals surface area contributed by atoms with Crippen molar-refractivity contribution in [2.24, 2.45) is 16.6 Å². The number of ether oxygens (including phenoxy) is 1. The maximum atomic E-state index is 15.1. The maximum absolute atomic E-state index is 15.1. The van der Waals surface area contributed by atoms with Crippen molar-refractivity contribution in [2.45, 2.75) is 36.7 Å². The molecule has 0 spiro atoms. The van der Waals surface area contributed by atoms with E-state index < -0.39 is 35.4 Å². The molecule has 9 nitrogen and oxygen atoms in total. The van der Waals surface area contributed by atoms with Gasteiger partial charge in [0.25, 0.3) is 5.89 Å². The first kappa shape index (κ1) is 24.6. The van der Waals surface area contributed by atoms with Crippen molar-refractivity contribution in [3.05, 3.63) is 71.0 Å². The van der Waals surface area contributed by atoms with Crippen molar-refractivity contribution < 1.29 is 22.4 Å². The first-order chi connectivity index (χ1) is 18.4. The lowest BCUT2D eigenvalue weighted by Crippen LogP contribution is -2.40. The summed E-state index contributed by atoms with van der Waals surface area (Å²) < 4.78 is 53.4. The van der Waals surface area contributed by atoms with Gasteiger partial charge in [-0.2, -0.15) is 4.98 Å². The third kappa shape index (κ3) is 4.14. The third-order valence-corrected chi connectivity index (χ3v) is 8.21. The number of aliphatic imine (C=N–C) groups is 1. The molecule has 0 amide bonds. The first-order valence-corrected chi connectivity index (χ1v) is 12.7. The van der Waals surface area contributed by atoms with E-state index in [0.717, 1.165) is 11.8 Å². The average Bonchev–Trinajstić information content (AvgIpc) is 3.52. The molecule has 13 heteroatoms. The van der Waals surface area contributed by atoms with E-state index >= 15 is 4.39 Å². The summed E-state index contributed by atoms with van der Waals surface area (Å²) in [6.45, 7) is 0.0915. The lowest BCUT2D eigenvalue weighted by Gasteiger charge is -2.34. The Hall–Kier alpha value is -3.74. The van der Waals surface area contributed by atoms with Crippen molar-refractivity contribution in [3.8, 4) is 5.88 Å². The minimum absolute atomic E-state index is 0.0455. The van der Waals surface area contributed by atoms with Gasteiger partial charge < -0.3 is 15.0 Å². The highest BCUT2D eigenvalue weighted by molar-refractivity contribution is 8.15. The molecule has 0 bridgehead atoms. The Bertz CT molecular complexity index is 1570. The molecule has 1 aliphatic heterocycles. The number of nitrogens with zero attached hydrogens (tertiary/aromatic N) is 6. The Balaban J connectivity index is 1.29. The van der Waals surface area contributed by atoms with Crippen LogP contribution in [-0.2, 0) is 18.6 Å². The molecule has 4 heterocycles. The van der Waals surface area contributed by atoms with Gasteiger partial charge in [-0.25, -0.2) is 28.1 Å². The summed E-state index contributed by atoms with van der Waals surface area (Å²) in [5.74, 6) is -0.00949. The van der Waals surface area contributed by atoms with Crippen LogP contribution >= 0.6 is 11.8 Å². The fourth-order valence-corrected chi connectivity index (χ4v) is 6.32. The Morgan fingerprint density at radius 2 is 2.05 bits per heavy atom. The Labute approximate surface area is 219 Å². The number of amidine groups is 1. The van der Waals surface area contributed by atoms with E-state index in [1.54, 1.807) is 31.3 Å². The van der Waals surface area contributed by atoms with E-state index in [1.807, 2.05) is 0 Å². The Morgan fingerprint density at radius 3 is 2.82 bits per heavy atom. The van der Waals surface area contributed by atoms with Crippen LogP contribution in [0.1, 0.15) is 35.0 Å². The molecule has 0 saturated heterocycles. The normalized spacial score (nSPS) is 24.2. The predicted molar refractivity (Wildman–Crippen MR) is 134 cm³/mol. The van der Waals surface area contributed by atoms with Gasteiger partial charge in [-0.15, -0.1) is 0 Å². The summed E-state index contributed by atoms with van der Waals surface area (Å²) in [5, 5.41) is 3.78. The number of pyridine rings is 1. The quantitative estimate of drug-likeness (QED) is 0.353. The van der Waals surface area contributed by atoms with Gasteiger partial charge >= 0.3 is 0 Å². The second-order valence-corrected chi connectivity index (χ2v) is 10.8. The number of halogens is 3. The van der Waals surface area contributed by atoms with Gasteiger partial charge in [0.2, 0.25) is 5.88 Å². The highest BCUT2D eigenvalue weighted by atomic mass is 32.2. The van der Waals surface area contributed by atoms with Crippen LogP contribution < -0.4 is 10.5 Å². The summed E-state index contributed by atoms with van der Waals surface area (Å²) in [6.07, 6.45) is 3.71. The summed E-state index contributed by atoms with van der Waals surface area (Å²) in [4.78, 5) is 21.8. The summed E-state index contributed by atoms with van der Waals surface area (Å²) in [5.41, 5.74) is 6.80. The van der Waals surface area contributed by atoms with E-state index in [2.05, 4.69) is 30.1 Å². The van der Waals surface area contributed by atoms with Gasteiger partial charge in [0, 0.05) is 24.1 Å². The smallest absolute Gasteiger partial charge is 0.264 e. The van der Waals surface area contributed by atoms with Gasteiger partial charge in [0.05, 0.1) is 22.2 Å². The number of alkyl halides is 2. The molecule has 1 saturated carbocycles. The standard InChI is InChI=1S/C25H22F3N7O2S/c1-13-32-21(37-35-13)10-36-20-9-31-22-17(33-20)4-5-30-18(22)7-14-2-3-16(28)15(6-14)25(12-27)19-8-24(19,11-26)38-23(29)34-25/h2-6,9,19H,7-8,10-12H2,1H3,(H2,29,34)/t19-,24-,25-/m1/s1. The molecular weight excluding hydrogens is 519 g/mol. The first-order valence-electron chi connectivity index (χ1n) is 11.8. The highest BCUT2D eigenvalue weighted by Crippen LogP contribution is 2.66. The van der Waals surface area contributed by atoms with Crippen LogP contribution in [-0.4, -0.2) is 48.4 Å². The van der Waals surface area contributed by atoms with Gasteiger partial charge in [-0.05, 0) is 37.1 Å². The van der Waals surface area contributed by atoms with Gasteiger partial charge in [0.15, 0.2) is 17.6 Å². The topological polar surface area (TPSA) is 125 Å². The van der Waals surface area contributed by atoms with E-state index in [4.69, 9.17) is 15.0 Å². The molecule has 0 radical (unpaired) electrons. The minimum Gasteiger partial charge on any atom is -0.466 e. The molecule has 2 N–H and O–H groups in total. The monoisotopic (exact) mass is 541 g/mol. The molecule has 3 atom stereocenters. The van der Waals surface area contributed by atoms with Gasteiger partial charge in [-0.3, -0.25) is 4.98 Å². The van der Waals surface area contributed by atoms with Crippen LogP contribution in [0.5, 0.6) is 5.88 Å². The molecular formula is C25H22F3N7O2S. The SMILES string of the molecule is Cc1noc(COc2cnc3c(Cc4ccc(F)c([C@@]5(CF)N=C(N)S[C@@]6(CF)C[C@H]65)c4)nccc3n2)n1. The zero-order chi connectivity index (χ0) is 26.5. The lowest BCUT2D eigenvalue weighted by atomic mass is 9.83. The molecule has 1 fully saturated rings. The zero-order valence-corrected chi connectivity index (χ0v) is 21.0. The van der Waals surface area contributed by atoms with E-state index in [-0.39, 0.29) is 29.6 Å². The lowest BCUT2D eigenvalue weighted by molar-refractivity contribution is 0.235. The average molecular weight is 542 g/mol. The third-order valence-electron chi connectivity index (χ3n) is 6.94. The number of hydrogen-bond donors (Lipinski definition) is 1. The van der Waals surface area contributed by atoms with Crippen LogP contribution in [0.4, 0.5) is 13.2 Å². The summed E-state index contributed by atoms with van der Waals surface area (Å²) in [6, 6.07) is 6.14. The van der Waals surface area contributed by atoms with Gasteiger partial charge in [0.1, 0.15) is 30.2 Å². The fraction of sp³-hybridized carbons (Fsp3) is 0.360. The number of nitrogens with two attached hydrogens (primary N) is 1. The van der Waals surface area contributed by atoms with Gasteiger partial charge in [-0.1, -0.05) is 23.0 Å². The zero-order valence-electron chi connectivity index (χ0n) is 20.2. The molecule has 4 aromatic rings. The maximum Gasteiger partial charge on any atom is 0.264 e.